The summed E-state index contributed by atoms with van der Waals surface area (Å²) >= 11 is 1.61. The molecule has 0 bridgehead atoms. The molecule has 0 aliphatic carbocycles. The molecule has 0 spiro atoms. The van der Waals surface area contributed by atoms with E-state index >= 15 is 0 Å². The average Bonchev–Trinajstić information content (AvgIpc) is 3.23. The van der Waals surface area contributed by atoms with E-state index in [1.54, 1.807) is 11.3 Å². The molecule has 2 aromatic heterocycles. The predicted molar refractivity (Wildman–Crippen MR) is 97.2 cm³/mol. The first-order chi connectivity index (χ1) is 12.2. The second kappa shape index (κ2) is 6.90. The number of benzene rings is 1. The van der Waals surface area contributed by atoms with Gasteiger partial charge in [0.2, 0.25) is 0 Å². The lowest BCUT2D eigenvalue weighted by atomic mass is 10.2. The van der Waals surface area contributed by atoms with E-state index in [4.69, 9.17) is 13.9 Å². The quantitative estimate of drug-likeness (QED) is 0.688. The molecular weight excluding hydrogens is 336 g/mol. The summed E-state index contributed by atoms with van der Waals surface area (Å²) in [6.45, 7) is 4.78. The van der Waals surface area contributed by atoms with Crippen molar-refractivity contribution in [2.45, 2.75) is 20.0 Å². The highest BCUT2D eigenvalue weighted by Crippen LogP contribution is 2.31. The van der Waals surface area contributed by atoms with E-state index in [1.165, 1.54) is 5.56 Å². The minimum atomic E-state index is 0.611. The number of aromatic nitrogens is 1. The number of thiazole rings is 1. The zero-order valence-electron chi connectivity index (χ0n) is 14.3. The van der Waals surface area contributed by atoms with Gasteiger partial charge in [0.15, 0.2) is 22.3 Å². The number of furan rings is 1. The van der Waals surface area contributed by atoms with E-state index in [0.717, 1.165) is 46.8 Å². The van der Waals surface area contributed by atoms with Crippen LogP contribution in [0.4, 0.5) is 0 Å². The van der Waals surface area contributed by atoms with Crippen molar-refractivity contribution < 1.29 is 13.9 Å². The first-order valence-electron chi connectivity index (χ1n) is 8.26. The van der Waals surface area contributed by atoms with Crippen LogP contribution in [-0.2, 0) is 13.1 Å². The summed E-state index contributed by atoms with van der Waals surface area (Å²) in [5.74, 6) is 3.41. The van der Waals surface area contributed by atoms with Gasteiger partial charge in [0.25, 0.3) is 0 Å². The Labute approximate surface area is 150 Å². The van der Waals surface area contributed by atoms with Crippen molar-refractivity contribution in [1.82, 2.24) is 9.88 Å². The molecule has 130 valence electrons. The van der Waals surface area contributed by atoms with Crippen LogP contribution in [0.3, 0.4) is 0 Å². The molecular formula is C19H20N2O3S. The fourth-order valence-corrected chi connectivity index (χ4v) is 3.64. The predicted octanol–water partition coefficient (Wildman–Crippen LogP) is 4.11. The van der Waals surface area contributed by atoms with Gasteiger partial charge in [0.1, 0.15) is 19.0 Å². The van der Waals surface area contributed by atoms with Gasteiger partial charge in [-0.15, -0.1) is 11.3 Å². The fourth-order valence-electron chi connectivity index (χ4n) is 2.87. The number of hydrogen-bond acceptors (Lipinski definition) is 6. The maximum Gasteiger partial charge on any atom is 0.162 e. The van der Waals surface area contributed by atoms with Crippen LogP contribution in [0.1, 0.15) is 17.0 Å². The third kappa shape index (κ3) is 3.70. The number of ether oxygens (including phenoxy) is 2. The number of fused-ring (bicyclic) bond motifs is 1. The molecule has 5 nitrogen and oxygen atoms in total. The minimum absolute atomic E-state index is 0.611. The Hall–Kier alpha value is -2.31. The van der Waals surface area contributed by atoms with Gasteiger partial charge >= 0.3 is 0 Å². The van der Waals surface area contributed by atoms with E-state index in [1.807, 2.05) is 25.1 Å². The summed E-state index contributed by atoms with van der Waals surface area (Å²) in [6.07, 6.45) is 0. The molecule has 0 radical (unpaired) electrons. The first kappa shape index (κ1) is 16.2. The van der Waals surface area contributed by atoms with Gasteiger partial charge in [-0.3, -0.25) is 4.90 Å². The molecule has 6 heteroatoms. The number of aryl methyl sites for hydroxylation is 1. The second-order valence-corrected chi connectivity index (χ2v) is 7.06. The number of rotatable bonds is 5. The Bertz CT molecular complexity index is 871. The normalized spacial score (nSPS) is 13.4. The lowest BCUT2D eigenvalue weighted by Gasteiger charge is -2.20. The van der Waals surface area contributed by atoms with Crippen LogP contribution >= 0.6 is 11.3 Å². The molecule has 0 N–H and O–H groups in total. The summed E-state index contributed by atoms with van der Waals surface area (Å²) in [4.78, 5) is 6.92. The number of nitrogens with zero attached hydrogens (tertiary/aromatic N) is 2. The lowest BCUT2D eigenvalue weighted by molar-refractivity contribution is 0.171. The topological polar surface area (TPSA) is 47.7 Å². The summed E-state index contributed by atoms with van der Waals surface area (Å²) in [6, 6.07) is 10.1. The monoisotopic (exact) mass is 356 g/mol. The highest BCUT2D eigenvalue weighted by molar-refractivity contribution is 7.13. The van der Waals surface area contributed by atoms with Gasteiger partial charge in [-0.05, 0) is 43.8 Å². The van der Waals surface area contributed by atoms with Crippen molar-refractivity contribution in [3.63, 3.8) is 0 Å². The van der Waals surface area contributed by atoms with E-state index < -0.39 is 0 Å². The van der Waals surface area contributed by atoms with Crippen molar-refractivity contribution in [3.8, 4) is 22.3 Å². The molecule has 4 rings (SSSR count). The highest BCUT2D eigenvalue weighted by atomic mass is 32.1. The van der Waals surface area contributed by atoms with Crippen molar-refractivity contribution >= 4 is 11.3 Å². The van der Waals surface area contributed by atoms with Crippen LogP contribution in [0, 0.1) is 6.92 Å². The molecule has 0 amide bonds. The maximum absolute atomic E-state index is 5.65. The van der Waals surface area contributed by atoms with Gasteiger partial charge < -0.3 is 13.9 Å². The summed E-state index contributed by atoms with van der Waals surface area (Å²) in [5.41, 5.74) is 2.25. The molecule has 1 aromatic carbocycles. The van der Waals surface area contributed by atoms with Gasteiger partial charge in [-0.1, -0.05) is 6.07 Å². The molecule has 1 aliphatic rings. The van der Waals surface area contributed by atoms with Gasteiger partial charge in [-0.25, -0.2) is 4.98 Å². The molecule has 25 heavy (non-hydrogen) atoms. The lowest BCUT2D eigenvalue weighted by Crippen LogP contribution is -2.18. The molecule has 3 aromatic rings. The number of hydrogen-bond donors (Lipinski definition) is 0. The van der Waals surface area contributed by atoms with E-state index in [0.29, 0.717) is 13.2 Å². The Morgan fingerprint density at radius 2 is 1.92 bits per heavy atom. The van der Waals surface area contributed by atoms with Crippen LogP contribution in [0.15, 0.2) is 40.1 Å². The van der Waals surface area contributed by atoms with Gasteiger partial charge in [-0.2, -0.15) is 0 Å². The third-order valence-corrected chi connectivity index (χ3v) is 4.90. The van der Waals surface area contributed by atoms with Crippen LogP contribution in [0.25, 0.3) is 10.8 Å². The highest BCUT2D eigenvalue weighted by Gasteiger charge is 2.14. The van der Waals surface area contributed by atoms with Crippen molar-refractivity contribution in [2.75, 3.05) is 20.3 Å². The zero-order valence-corrected chi connectivity index (χ0v) is 15.1. The second-order valence-electron chi connectivity index (χ2n) is 6.20. The average molecular weight is 356 g/mol. The Morgan fingerprint density at radius 1 is 1.08 bits per heavy atom. The Morgan fingerprint density at radius 3 is 2.72 bits per heavy atom. The summed E-state index contributed by atoms with van der Waals surface area (Å²) in [5, 5.41) is 3.02. The third-order valence-electron chi connectivity index (χ3n) is 3.99. The largest absolute Gasteiger partial charge is 0.486 e. The SMILES string of the molecule is Cc1ccc(-c2nc(CN(C)Cc3ccc4c(c3)OCCO4)cs2)o1. The zero-order chi connectivity index (χ0) is 17.2. The Kier molecular flexibility index (Phi) is 4.46. The van der Waals surface area contributed by atoms with Crippen LogP contribution in [-0.4, -0.2) is 30.1 Å². The van der Waals surface area contributed by atoms with Crippen molar-refractivity contribution in [2.24, 2.45) is 0 Å². The van der Waals surface area contributed by atoms with E-state index in [2.05, 4.69) is 34.4 Å². The van der Waals surface area contributed by atoms with Gasteiger partial charge in [0, 0.05) is 18.5 Å². The van der Waals surface area contributed by atoms with Gasteiger partial charge in [0.05, 0.1) is 5.69 Å². The molecule has 0 saturated heterocycles. The van der Waals surface area contributed by atoms with E-state index in [-0.39, 0.29) is 0 Å². The van der Waals surface area contributed by atoms with Crippen molar-refractivity contribution in [3.05, 3.63) is 52.7 Å². The molecule has 0 fully saturated rings. The van der Waals surface area contributed by atoms with Crippen LogP contribution in [0.5, 0.6) is 11.5 Å². The molecule has 0 saturated carbocycles. The fraction of sp³-hybridized carbons (Fsp3) is 0.316. The Balaban J connectivity index is 1.40. The van der Waals surface area contributed by atoms with E-state index in [9.17, 15) is 0 Å². The smallest absolute Gasteiger partial charge is 0.162 e. The minimum Gasteiger partial charge on any atom is -0.486 e. The van der Waals surface area contributed by atoms with Crippen LogP contribution in [0.2, 0.25) is 0 Å². The van der Waals surface area contributed by atoms with Crippen molar-refractivity contribution in [1.29, 1.82) is 0 Å². The molecule has 0 atom stereocenters. The van der Waals surface area contributed by atoms with Crippen LogP contribution < -0.4 is 9.47 Å². The summed E-state index contributed by atoms with van der Waals surface area (Å²) < 4.78 is 16.9. The maximum atomic E-state index is 5.65. The summed E-state index contributed by atoms with van der Waals surface area (Å²) in [7, 11) is 2.09. The first-order valence-corrected chi connectivity index (χ1v) is 9.13. The standard InChI is InChI=1S/C19H20N2O3S/c1-13-3-5-17(24-13)19-20-15(12-25-19)11-21(2)10-14-4-6-16-18(9-14)23-8-7-22-16/h3-6,9,12H,7-8,10-11H2,1-2H3. The molecule has 0 unspecified atom stereocenters. The molecule has 1 aliphatic heterocycles. The molecule has 3 heterocycles.